The van der Waals surface area contributed by atoms with E-state index in [-0.39, 0.29) is 40.7 Å². The second kappa shape index (κ2) is 5.47. The summed E-state index contributed by atoms with van der Waals surface area (Å²) in [6, 6.07) is -0.468. The lowest BCUT2D eigenvalue weighted by molar-refractivity contribution is 0.432. The molecule has 0 spiro atoms. The van der Waals surface area contributed by atoms with Gasteiger partial charge < -0.3 is 44.6 Å². The molecule has 0 fully saturated rings. The number of aromatic hydroxyl groups is 2. The monoisotopic (exact) mass is 282 g/mol. The van der Waals surface area contributed by atoms with E-state index in [1.807, 2.05) is 0 Å². The summed E-state index contributed by atoms with van der Waals surface area (Å²) in [6.07, 6.45) is 0. The van der Waals surface area contributed by atoms with Crippen molar-refractivity contribution in [3.05, 3.63) is 0 Å². The molecular formula is C8H14N10O2. The number of aromatic nitrogens is 4. The van der Waals surface area contributed by atoms with Gasteiger partial charge in [-0.05, 0) is 0 Å². The number of hydrogen-bond donors (Lipinski definition) is 8. The minimum Gasteiger partial charge on any atom is -0.492 e. The van der Waals surface area contributed by atoms with Crippen LogP contribution < -0.4 is 34.4 Å². The van der Waals surface area contributed by atoms with Crippen LogP contribution in [0.15, 0.2) is 0 Å². The number of hydrogen-bond acceptors (Lipinski definition) is 12. The minimum atomic E-state index is -0.468. The number of nitrogens with zero attached hydrogens (tertiary/aromatic N) is 4. The summed E-state index contributed by atoms with van der Waals surface area (Å²) in [7, 11) is 0. The highest BCUT2D eigenvalue weighted by Crippen LogP contribution is 2.22. The third-order valence-corrected chi connectivity index (χ3v) is 1.97. The van der Waals surface area contributed by atoms with Crippen LogP contribution in [-0.4, -0.2) is 30.1 Å². The first kappa shape index (κ1) is 14.6. The van der Waals surface area contributed by atoms with Crippen molar-refractivity contribution >= 4 is 34.8 Å². The maximum Gasteiger partial charge on any atom is 0.317 e. The zero-order valence-corrected chi connectivity index (χ0v) is 10.1. The molecule has 0 atom stereocenters. The number of anilines is 6. The third-order valence-electron chi connectivity index (χ3n) is 1.97. The molecule has 12 heteroatoms. The summed E-state index contributed by atoms with van der Waals surface area (Å²) in [5, 5.41) is 17.5. The SMILES string of the molecule is Nc1nc(N)c(N)c(O)n1.Nc1nc(O)nc(N)c1N. The topological polar surface area (TPSA) is 248 Å². The molecule has 0 aromatic carbocycles. The van der Waals surface area contributed by atoms with E-state index >= 15 is 0 Å². The molecule has 2 aromatic heterocycles. The second-order valence-electron chi connectivity index (χ2n) is 3.41. The van der Waals surface area contributed by atoms with Crippen LogP contribution in [0.5, 0.6) is 11.9 Å². The number of nitrogen functional groups attached to an aromatic ring is 6. The summed E-state index contributed by atoms with van der Waals surface area (Å²) in [6.45, 7) is 0. The maximum atomic E-state index is 8.84. The fraction of sp³-hybridized carbons (Fsp3) is 0. The molecule has 2 aromatic rings. The van der Waals surface area contributed by atoms with Crippen LogP contribution in [0, 0.1) is 0 Å². The van der Waals surface area contributed by atoms with E-state index in [9.17, 15) is 0 Å². The molecule has 14 N–H and O–H groups in total. The zero-order valence-electron chi connectivity index (χ0n) is 10.1. The van der Waals surface area contributed by atoms with Gasteiger partial charge in [0.1, 0.15) is 11.4 Å². The summed E-state index contributed by atoms with van der Waals surface area (Å²) in [4.78, 5) is 13.5. The standard InChI is InChI=1S/2C4H7N5O/c5-1-2(6)8-4(7)9-3(1)10;5-1-2(6)8-4(10)9-3(1)7/h2*5H2,(H5,6,7,8,9,10). The normalized spacial score (nSPS) is 9.60. The van der Waals surface area contributed by atoms with Gasteiger partial charge in [-0.25, -0.2) is 0 Å². The molecule has 20 heavy (non-hydrogen) atoms. The molecule has 12 nitrogen and oxygen atoms in total. The van der Waals surface area contributed by atoms with Gasteiger partial charge in [-0.3, -0.25) is 0 Å². The van der Waals surface area contributed by atoms with Gasteiger partial charge in [0.25, 0.3) is 0 Å². The van der Waals surface area contributed by atoms with E-state index in [0.717, 1.165) is 0 Å². The van der Waals surface area contributed by atoms with Gasteiger partial charge >= 0.3 is 6.01 Å². The molecule has 0 unspecified atom stereocenters. The summed E-state index contributed by atoms with van der Waals surface area (Å²) in [5.74, 6) is -0.505. The highest BCUT2D eigenvalue weighted by molar-refractivity contribution is 5.70. The van der Waals surface area contributed by atoms with Crippen LogP contribution in [0.4, 0.5) is 34.8 Å². The molecule has 0 aliphatic rings. The Hall–Kier alpha value is -3.44. The largest absolute Gasteiger partial charge is 0.492 e. The molecule has 0 saturated heterocycles. The Bertz CT molecular complexity index is 529. The molecule has 0 bridgehead atoms. The Kier molecular flexibility index (Phi) is 4.00. The van der Waals surface area contributed by atoms with E-state index in [1.165, 1.54) is 0 Å². The molecule has 0 amide bonds. The molecule has 2 rings (SSSR count). The van der Waals surface area contributed by atoms with Crippen LogP contribution in [0.1, 0.15) is 0 Å². The maximum absolute atomic E-state index is 8.84. The Balaban J connectivity index is 0.000000200. The van der Waals surface area contributed by atoms with Crippen LogP contribution in [-0.2, 0) is 0 Å². The highest BCUT2D eigenvalue weighted by Gasteiger charge is 2.04. The lowest BCUT2D eigenvalue weighted by Crippen LogP contribution is -2.04. The van der Waals surface area contributed by atoms with Gasteiger partial charge in [-0.15, -0.1) is 0 Å². The Morgan fingerprint density at radius 2 is 1.05 bits per heavy atom. The lowest BCUT2D eigenvalue weighted by atomic mass is 10.4. The average molecular weight is 282 g/mol. The van der Waals surface area contributed by atoms with Crippen molar-refractivity contribution in [2.75, 3.05) is 34.4 Å². The van der Waals surface area contributed by atoms with E-state index in [4.69, 9.17) is 44.6 Å². The van der Waals surface area contributed by atoms with Gasteiger partial charge in [0.05, 0.1) is 0 Å². The minimum absolute atomic E-state index is 0.00926. The Labute approximate surface area is 112 Å². The lowest BCUT2D eigenvalue weighted by Gasteiger charge is -2.00. The van der Waals surface area contributed by atoms with Crippen molar-refractivity contribution in [3.8, 4) is 11.9 Å². The number of nitrogens with two attached hydrogens (primary N) is 6. The third kappa shape index (κ3) is 3.28. The van der Waals surface area contributed by atoms with Crippen molar-refractivity contribution in [3.63, 3.8) is 0 Å². The fourth-order valence-corrected chi connectivity index (χ4v) is 0.984. The highest BCUT2D eigenvalue weighted by atomic mass is 16.3. The molecule has 0 radical (unpaired) electrons. The first-order valence-electron chi connectivity index (χ1n) is 4.97. The molecule has 108 valence electrons. The van der Waals surface area contributed by atoms with E-state index in [2.05, 4.69) is 19.9 Å². The quantitative estimate of drug-likeness (QED) is 0.257. The molecule has 0 aliphatic heterocycles. The number of rotatable bonds is 0. The van der Waals surface area contributed by atoms with Gasteiger partial charge in [-0.2, -0.15) is 19.9 Å². The van der Waals surface area contributed by atoms with Gasteiger partial charge in [0.15, 0.2) is 17.5 Å². The first-order valence-corrected chi connectivity index (χ1v) is 4.97. The van der Waals surface area contributed by atoms with Crippen LogP contribution in [0.2, 0.25) is 0 Å². The van der Waals surface area contributed by atoms with Crippen molar-refractivity contribution in [1.82, 2.24) is 19.9 Å². The average Bonchev–Trinajstić information content (AvgIpc) is 2.33. The smallest absolute Gasteiger partial charge is 0.317 e. The van der Waals surface area contributed by atoms with E-state index in [0.29, 0.717) is 0 Å². The predicted octanol–water partition coefficient (Wildman–Crippen LogP) is -2.14. The van der Waals surface area contributed by atoms with Gasteiger partial charge in [0.2, 0.25) is 11.8 Å². The van der Waals surface area contributed by atoms with E-state index in [1.54, 1.807) is 0 Å². The van der Waals surface area contributed by atoms with Gasteiger partial charge in [-0.1, -0.05) is 0 Å². The van der Waals surface area contributed by atoms with E-state index < -0.39 is 6.01 Å². The first-order chi connectivity index (χ1) is 9.22. The summed E-state index contributed by atoms with van der Waals surface area (Å²) < 4.78 is 0. The van der Waals surface area contributed by atoms with Crippen molar-refractivity contribution < 1.29 is 10.2 Å². The summed E-state index contributed by atoms with van der Waals surface area (Å²) in [5.41, 5.74) is 31.2. The summed E-state index contributed by atoms with van der Waals surface area (Å²) >= 11 is 0. The Morgan fingerprint density at radius 3 is 1.50 bits per heavy atom. The van der Waals surface area contributed by atoms with Crippen molar-refractivity contribution in [2.24, 2.45) is 0 Å². The Morgan fingerprint density at radius 1 is 0.600 bits per heavy atom. The molecular weight excluding hydrogens is 268 g/mol. The molecule has 0 aliphatic carbocycles. The predicted molar refractivity (Wildman–Crippen MR) is 73.9 cm³/mol. The van der Waals surface area contributed by atoms with Gasteiger partial charge in [0, 0.05) is 0 Å². The van der Waals surface area contributed by atoms with Crippen LogP contribution in [0.25, 0.3) is 0 Å². The zero-order chi connectivity index (χ0) is 15.4. The van der Waals surface area contributed by atoms with Crippen LogP contribution in [0.3, 0.4) is 0 Å². The fourth-order valence-electron chi connectivity index (χ4n) is 0.984. The van der Waals surface area contributed by atoms with Crippen molar-refractivity contribution in [1.29, 1.82) is 0 Å². The van der Waals surface area contributed by atoms with Crippen molar-refractivity contribution in [2.45, 2.75) is 0 Å². The second-order valence-corrected chi connectivity index (χ2v) is 3.41. The molecule has 0 saturated carbocycles. The molecule has 2 heterocycles. The van der Waals surface area contributed by atoms with Crippen LogP contribution >= 0.6 is 0 Å².